The summed E-state index contributed by atoms with van der Waals surface area (Å²) in [6.45, 7) is 8.65. The molecule has 0 aliphatic rings. The molecule has 1 aromatic heterocycles. The molecule has 3 atom stereocenters. The number of nitrogens with one attached hydrogen (secondary N) is 2. The molecule has 37 heavy (non-hydrogen) atoms. The zero-order valence-electron chi connectivity index (χ0n) is 22.8. The van der Waals surface area contributed by atoms with Crippen molar-refractivity contribution in [1.82, 2.24) is 10.3 Å². The van der Waals surface area contributed by atoms with Crippen LogP contribution in [0.5, 0.6) is 5.75 Å². The molecule has 0 radical (unpaired) electrons. The van der Waals surface area contributed by atoms with Crippen LogP contribution in [0.4, 0.5) is 0 Å². The molecule has 0 fully saturated rings. The van der Waals surface area contributed by atoms with Gasteiger partial charge in [-0.1, -0.05) is 46.2 Å². The van der Waals surface area contributed by atoms with Crippen molar-refractivity contribution in [3.63, 3.8) is 0 Å². The van der Waals surface area contributed by atoms with E-state index in [4.69, 9.17) is 9.47 Å². The number of aromatic nitrogens is 1. The molecule has 0 aliphatic carbocycles. The van der Waals surface area contributed by atoms with Crippen molar-refractivity contribution in [2.75, 3.05) is 20.8 Å². The number of ether oxygens (including phenoxy) is 2. The van der Waals surface area contributed by atoms with E-state index in [1.165, 1.54) is 7.11 Å². The second-order valence-corrected chi connectivity index (χ2v) is 9.84. The summed E-state index contributed by atoms with van der Waals surface area (Å²) in [7, 11) is 2.96. The largest absolute Gasteiger partial charge is 0.496 e. The fourth-order valence-electron chi connectivity index (χ4n) is 5.03. The minimum atomic E-state index is -0.928. The predicted molar refractivity (Wildman–Crippen MR) is 146 cm³/mol. The van der Waals surface area contributed by atoms with E-state index < -0.39 is 18.0 Å². The Balaban J connectivity index is 2.06. The predicted octanol–water partition coefficient (Wildman–Crippen LogP) is 5.73. The van der Waals surface area contributed by atoms with Crippen LogP contribution in [0.2, 0.25) is 0 Å². The molecule has 2 aromatic carbocycles. The Morgan fingerprint density at radius 3 is 2.41 bits per heavy atom. The van der Waals surface area contributed by atoms with Gasteiger partial charge in [-0.15, -0.1) is 0 Å². The molecule has 3 N–H and O–H groups in total. The first-order chi connectivity index (χ1) is 17.8. The maximum Gasteiger partial charge on any atom is 0.337 e. The van der Waals surface area contributed by atoms with Crippen molar-refractivity contribution in [2.24, 2.45) is 11.8 Å². The second-order valence-electron chi connectivity index (χ2n) is 9.84. The van der Waals surface area contributed by atoms with Gasteiger partial charge in [-0.25, -0.2) is 4.79 Å². The number of esters is 1. The van der Waals surface area contributed by atoms with Crippen LogP contribution in [0.3, 0.4) is 0 Å². The summed E-state index contributed by atoms with van der Waals surface area (Å²) < 4.78 is 10.6. The van der Waals surface area contributed by atoms with Gasteiger partial charge >= 0.3 is 5.97 Å². The van der Waals surface area contributed by atoms with E-state index in [9.17, 15) is 14.7 Å². The molecule has 0 spiro atoms. The average Bonchev–Trinajstić information content (AvgIpc) is 3.32. The van der Waals surface area contributed by atoms with E-state index >= 15 is 0 Å². The molecule has 0 saturated carbocycles. The Hall–Kier alpha value is -3.32. The molecule has 3 rings (SSSR count). The quantitative estimate of drug-likeness (QED) is 0.271. The van der Waals surface area contributed by atoms with Crippen LogP contribution in [-0.2, 0) is 9.53 Å². The number of carbonyl (C=O) groups is 2. The number of methoxy groups -OCH3 is 2. The third kappa shape index (κ3) is 6.16. The molecule has 7 heteroatoms. The fourth-order valence-corrected chi connectivity index (χ4v) is 5.03. The topological polar surface area (TPSA) is 101 Å². The molecule has 7 nitrogen and oxygen atoms in total. The lowest BCUT2D eigenvalue weighted by molar-refractivity contribution is -0.130. The number of amides is 1. The first-order valence-electron chi connectivity index (χ1n) is 13.1. The number of benzene rings is 2. The van der Waals surface area contributed by atoms with E-state index in [2.05, 4.69) is 17.2 Å². The zero-order chi connectivity index (χ0) is 27.1. The van der Waals surface area contributed by atoms with Crippen LogP contribution < -0.4 is 10.1 Å². The highest BCUT2D eigenvalue weighted by Crippen LogP contribution is 2.40. The Morgan fingerprint density at radius 1 is 1.03 bits per heavy atom. The van der Waals surface area contributed by atoms with Crippen molar-refractivity contribution in [1.29, 1.82) is 0 Å². The number of rotatable bonds is 12. The lowest BCUT2D eigenvalue weighted by Crippen LogP contribution is -2.37. The SMILES string of the molecule is CCCNC(=O)C(C(C)C)C(O)c1ccc2[nH]cc(C(CCC)c3ccc(C(=O)OC)cc3OC)c2c1. The monoisotopic (exact) mass is 508 g/mol. The maximum absolute atomic E-state index is 12.9. The van der Waals surface area contributed by atoms with Crippen molar-refractivity contribution in [3.05, 3.63) is 64.8 Å². The van der Waals surface area contributed by atoms with Crippen molar-refractivity contribution in [3.8, 4) is 5.75 Å². The third-order valence-corrected chi connectivity index (χ3v) is 6.97. The molecule has 1 amide bonds. The van der Waals surface area contributed by atoms with Crippen LogP contribution in [0.15, 0.2) is 42.6 Å². The maximum atomic E-state index is 12.9. The minimum absolute atomic E-state index is 0.00142. The average molecular weight is 509 g/mol. The van der Waals surface area contributed by atoms with Crippen LogP contribution in [-0.4, -0.2) is 42.7 Å². The molecule has 3 unspecified atom stereocenters. The van der Waals surface area contributed by atoms with Crippen molar-refractivity contribution >= 4 is 22.8 Å². The summed E-state index contributed by atoms with van der Waals surface area (Å²) >= 11 is 0. The Morgan fingerprint density at radius 2 is 1.78 bits per heavy atom. The molecule has 0 aliphatic heterocycles. The normalized spacial score (nSPS) is 13.8. The highest BCUT2D eigenvalue weighted by Gasteiger charge is 2.31. The lowest BCUT2D eigenvalue weighted by Gasteiger charge is -2.26. The first-order valence-corrected chi connectivity index (χ1v) is 13.1. The van der Waals surface area contributed by atoms with Crippen LogP contribution >= 0.6 is 0 Å². The van der Waals surface area contributed by atoms with E-state index in [0.29, 0.717) is 23.4 Å². The third-order valence-electron chi connectivity index (χ3n) is 6.97. The zero-order valence-corrected chi connectivity index (χ0v) is 22.8. The molecule has 3 aromatic rings. The first kappa shape index (κ1) is 28.3. The van der Waals surface area contributed by atoms with Gasteiger partial charge < -0.3 is 24.9 Å². The van der Waals surface area contributed by atoms with E-state index in [1.807, 2.05) is 51.2 Å². The molecule has 0 bridgehead atoms. The van der Waals surface area contributed by atoms with Gasteiger partial charge in [-0.3, -0.25) is 4.79 Å². The smallest absolute Gasteiger partial charge is 0.337 e. The van der Waals surface area contributed by atoms with Crippen molar-refractivity contribution in [2.45, 2.75) is 59.0 Å². The molecule has 0 saturated heterocycles. The van der Waals surface area contributed by atoms with Gasteiger partial charge in [0.25, 0.3) is 0 Å². The van der Waals surface area contributed by atoms with Gasteiger partial charge in [-0.2, -0.15) is 0 Å². The highest BCUT2D eigenvalue weighted by molar-refractivity contribution is 5.90. The number of fused-ring (bicyclic) bond motifs is 1. The van der Waals surface area contributed by atoms with Gasteiger partial charge in [0.15, 0.2) is 0 Å². The number of hydrogen-bond donors (Lipinski definition) is 3. The summed E-state index contributed by atoms with van der Waals surface area (Å²) in [5.41, 5.74) is 4.15. The van der Waals surface area contributed by atoms with E-state index in [0.717, 1.165) is 41.3 Å². The highest BCUT2D eigenvalue weighted by atomic mass is 16.5. The second kappa shape index (κ2) is 12.8. The van der Waals surface area contributed by atoms with Gasteiger partial charge in [0.1, 0.15) is 5.75 Å². The van der Waals surface area contributed by atoms with Crippen molar-refractivity contribution < 1.29 is 24.2 Å². The molecular weight excluding hydrogens is 468 g/mol. The standard InChI is InChI=1S/C30H40N2O5/c1-7-9-21(22-12-10-20(30(35)37-6)16-26(22)36-5)24-17-32-25-13-11-19(15-23(24)25)28(33)27(18(3)4)29(34)31-14-8-2/h10-13,15-18,21,27-28,32-33H,7-9,14H2,1-6H3,(H,31,34). The Labute approximate surface area is 219 Å². The summed E-state index contributed by atoms with van der Waals surface area (Å²) in [5, 5.41) is 15.3. The molecular formula is C30H40N2O5. The van der Waals surface area contributed by atoms with Crippen LogP contribution in [0.25, 0.3) is 10.9 Å². The number of carbonyl (C=O) groups excluding carboxylic acids is 2. The summed E-state index contributed by atoms with van der Waals surface area (Å²) in [4.78, 5) is 28.3. The number of aliphatic hydroxyl groups excluding tert-OH is 1. The van der Waals surface area contributed by atoms with Gasteiger partial charge in [0, 0.05) is 35.1 Å². The fraction of sp³-hybridized carbons (Fsp3) is 0.467. The van der Waals surface area contributed by atoms with Crippen LogP contribution in [0.1, 0.15) is 86.0 Å². The lowest BCUT2D eigenvalue weighted by atomic mass is 9.83. The number of aromatic amines is 1. The van der Waals surface area contributed by atoms with E-state index in [-0.39, 0.29) is 17.7 Å². The number of aliphatic hydroxyl groups is 1. The van der Waals surface area contributed by atoms with Gasteiger partial charge in [-0.05, 0) is 54.2 Å². The van der Waals surface area contributed by atoms with Gasteiger partial charge in [0.05, 0.1) is 31.8 Å². The number of hydrogen-bond acceptors (Lipinski definition) is 5. The Kier molecular flexibility index (Phi) is 9.75. The summed E-state index contributed by atoms with van der Waals surface area (Å²) in [6, 6.07) is 11.2. The van der Waals surface area contributed by atoms with E-state index in [1.54, 1.807) is 19.2 Å². The summed E-state index contributed by atoms with van der Waals surface area (Å²) in [5.74, 6) is -0.494. The molecule has 1 heterocycles. The minimum Gasteiger partial charge on any atom is -0.496 e. The van der Waals surface area contributed by atoms with Gasteiger partial charge in [0.2, 0.25) is 5.91 Å². The Bertz CT molecular complexity index is 1220. The molecule has 200 valence electrons. The number of H-pyrrole nitrogens is 1. The van der Waals surface area contributed by atoms with Crippen LogP contribution in [0, 0.1) is 11.8 Å². The summed E-state index contributed by atoms with van der Waals surface area (Å²) in [6.07, 6.45) is 3.72.